The number of ketones is 1. The second kappa shape index (κ2) is 7.38. The van der Waals surface area contributed by atoms with Gasteiger partial charge in [0, 0.05) is 24.8 Å². The first kappa shape index (κ1) is 17.2. The van der Waals surface area contributed by atoms with Gasteiger partial charge in [-0.1, -0.05) is 6.07 Å². The van der Waals surface area contributed by atoms with E-state index >= 15 is 0 Å². The Morgan fingerprint density at radius 3 is 2.45 bits per heavy atom. The molecule has 1 aromatic rings. The van der Waals surface area contributed by atoms with Gasteiger partial charge in [-0.3, -0.25) is 9.69 Å². The Hall–Kier alpha value is -1.19. The predicted molar refractivity (Wildman–Crippen MR) is 90.4 cm³/mol. The molecule has 1 aromatic carbocycles. The number of nitrogens with zero attached hydrogens (tertiary/aromatic N) is 1. The molecule has 0 radical (unpaired) electrons. The van der Waals surface area contributed by atoms with Gasteiger partial charge >= 0.3 is 0 Å². The van der Waals surface area contributed by atoms with Crippen molar-refractivity contribution in [1.29, 1.82) is 0 Å². The maximum Gasteiger partial charge on any atom is 0.160 e. The zero-order chi connectivity index (χ0) is 16.3. The molecule has 0 spiro atoms. The molecule has 0 bridgehead atoms. The van der Waals surface area contributed by atoms with E-state index < -0.39 is 0 Å². The molecule has 3 nitrogen and oxygen atoms in total. The fourth-order valence-corrected chi connectivity index (χ4v) is 3.47. The fourth-order valence-electron chi connectivity index (χ4n) is 3.47. The molecular formula is C19H29NO2. The number of hydrogen-bond acceptors (Lipinski definition) is 3. The summed E-state index contributed by atoms with van der Waals surface area (Å²) in [5, 5.41) is 8.98. The quantitative estimate of drug-likeness (QED) is 0.590. The number of rotatable bonds is 8. The van der Waals surface area contributed by atoms with Gasteiger partial charge in [0.15, 0.2) is 5.78 Å². The van der Waals surface area contributed by atoms with Crippen LogP contribution in [0.3, 0.4) is 0 Å². The zero-order valence-electron chi connectivity index (χ0n) is 14.4. The minimum absolute atomic E-state index is 0.162. The number of hydrogen-bond donors (Lipinski definition) is 1. The lowest BCUT2D eigenvalue weighted by atomic mass is 9.91. The van der Waals surface area contributed by atoms with E-state index in [0.29, 0.717) is 6.04 Å². The lowest BCUT2D eigenvalue weighted by Gasteiger charge is -2.25. The first-order chi connectivity index (χ1) is 10.5. The highest BCUT2D eigenvalue weighted by Crippen LogP contribution is 2.31. The fraction of sp³-hybridized carbons (Fsp3) is 0.632. The van der Waals surface area contributed by atoms with Crippen LogP contribution in [0.1, 0.15) is 65.2 Å². The molecule has 0 aliphatic heterocycles. The molecule has 0 aromatic heterocycles. The summed E-state index contributed by atoms with van der Waals surface area (Å²) in [6, 6.07) is 2.84. The highest BCUT2D eigenvalue weighted by molar-refractivity contribution is 5.97. The van der Waals surface area contributed by atoms with E-state index in [2.05, 4.69) is 24.8 Å². The van der Waals surface area contributed by atoms with Crippen molar-refractivity contribution in [3.05, 3.63) is 33.9 Å². The predicted octanol–water partition coefficient (Wildman–Crippen LogP) is 3.55. The van der Waals surface area contributed by atoms with Gasteiger partial charge in [0.25, 0.3) is 0 Å². The van der Waals surface area contributed by atoms with Crippen LogP contribution < -0.4 is 0 Å². The Morgan fingerprint density at radius 1 is 1.23 bits per heavy atom. The number of aliphatic hydroxyl groups is 1. The number of Topliss-reactive ketones (excluding diaryl/α,β-unsaturated/α-hetero) is 1. The molecule has 22 heavy (non-hydrogen) atoms. The van der Waals surface area contributed by atoms with E-state index in [9.17, 15) is 4.79 Å². The zero-order valence-corrected chi connectivity index (χ0v) is 14.4. The van der Waals surface area contributed by atoms with E-state index in [-0.39, 0.29) is 12.4 Å². The molecule has 0 amide bonds. The summed E-state index contributed by atoms with van der Waals surface area (Å²) in [5.41, 5.74) is 5.73. The first-order valence-electron chi connectivity index (χ1n) is 8.41. The van der Waals surface area contributed by atoms with Crippen LogP contribution in [0.5, 0.6) is 0 Å². The van der Waals surface area contributed by atoms with Gasteiger partial charge in [-0.25, -0.2) is 0 Å². The lowest BCUT2D eigenvalue weighted by Crippen LogP contribution is -2.28. The summed E-state index contributed by atoms with van der Waals surface area (Å²) >= 11 is 0. The molecule has 1 aliphatic carbocycles. The normalized spacial score (nSPS) is 14.6. The molecule has 1 saturated carbocycles. The molecular weight excluding hydrogens is 274 g/mol. The van der Waals surface area contributed by atoms with Crippen molar-refractivity contribution >= 4 is 5.78 Å². The first-order valence-corrected chi connectivity index (χ1v) is 8.41. The second-order valence-corrected chi connectivity index (χ2v) is 6.68. The summed E-state index contributed by atoms with van der Waals surface area (Å²) in [6.45, 7) is 10.2. The molecule has 3 heteroatoms. The maximum atomic E-state index is 12.0. The minimum Gasteiger partial charge on any atom is -0.396 e. The highest BCUT2D eigenvalue weighted by atomic mass is 16.2. The molecule has 0 atom stereocenters. The van der Waals surface area contributed by atoms with Gasteiger partial charge in [0.2, 0.25) is 0 Å². The Morgan fingerprint density at radius 2 is 1.91 bits per heavy atom. The van der Waals surface area contributed by atoms with Crippen molar-refractivity contribution in [1.82, 2.24) is 4.90 Å². The second-order valence-electron chi connectivity index (χ2n) is 6.68. The third kappa shape index (κ3) is 3.96. The van der Waals surface area contributed by atoms with Crippen LogP contribution in [0, 0.1) is 20.8 Å². The summed E-state index contributed by atoms with van der Waals surface area (Å²) in [6.07, 6.45) is 4.47. The molecule has 1 aliphatic rings. The Bertz CT molecular complexity index is 547. The van der Waals surface area contributed by atoms with E-state index in [1.54, 1.807) is 6.92 Å². The summed E-state index contributed by atoms with van der Waals surface area (Å²) in [4.78, 5) is 14.5. The summed E-state index contributed by atoms with van der Waals surface area (Å²) in [7, 11) is 0. The van der Waals surface area contributed by atoms with Crippen molar-refractivity contribution in [2.45, 2.75) is 66.0 Å². The molecule has 0 heterocycles. The van der Waals surface area contributed by atoms with Gasteiger partial charge < -0.3 is 5.11 Å². The van der Waals surface area contributed by atoms with Crippen LogP contribution in [0.25, 0.3) is 0 Å². The van der Waals surface area contributed by atoms with E-state index in [4.69, 9.17) is 5.11 Å². The minimum atomic E-state index is 0.162. The number of carbonyl (C=O) groups excluding carboxylic acids is 1. The average Bonchev–Trinajstić information content (AvgIpc) is 3.25. The third-order valence-electron chi connectivity index (χ3n) is 4.76. The number of unbranched alkanes of at least 4 members (excludes halogenated alkanes) is 1. The summed E-state index contributed by atoms with van der Waals surface area (Å²) in [5.74, 6) is 0.162. The lowest BCUT2D eigenvalue weighted by molar-refractivity contribution is 0.101. The Balaban J connectivity index is 2.23. The highest BCUT2D eigenvalue weighted by Gasteiger charge is 2.29. The monoisotopic (exact) mass is 303 g/mol. The number of aryl methyl sites for hydroxylation is 2. The average molecular weight is 303 g/mol. The third-order valence-corrected chi connectivity index (χ3v) is 4.76. The molecule has 2 rings (SSSR count). The summed E-state index contributed by atoms with van der Waals surface area (Å²) < 4.78 is 0. The van der Waals surface area contributed by atoms with Crippen LogP contribution in [0.4, 0.5) is 0 Å². The molecule has 122 valence electrons. The van der Waals surface area contributed by atoms with Crippen molar-refractivity contribution in [2.24, 2.45) is 0 Å². The standard InChI is InChI=1S/C19H29NO2/c1-13-11-14(2)19(16(4)22)15(3)18(13)12-20(17-7-8-17)9-5-6-10-21/h11,17,21H,5-10,12H2,1-4H3. The number of carbonyl (C=O) groups is 1. The largest absolute Gasteiger partial charge is 0.396 e. The van der Waals surface area contributed by atoms with E-state index in [0.717, 1.165) is 42.6 Å². The van der Waals surface area contributed by atoms with Gasteiger partial charge in [-0.05, 0) is 82.2 Å². The molecule has 1 fully saturated rings. The van der Waals surface area contributed by atoms with Crippen LogP contribution in [-0.2, 0) is 6.54 Å². The van der Waals surface area contributed by atoms with Gasteiger partial charge in [0.05, 0.1) is 0 Å². The van der Waals surface area contributed by atoms with Crippen LogP contribution in [0.2, 0.25) is 0 Å². The number of aliphatic hydroxyl groups excluding tert-OH is 1. The van der Waals surface area contributed by atoms with Crippen molar-refractivity contribution in [3.63, 3.8) is 0 Å². The Labute approximate surface area is 134 Å². The number of benzene rings is 1. The van der Waals surface area contributed by atoms with E-state index in [1.165, 1.54) is 24.0 Å². The van der Waals surface area contributed by atoms with Crippen molar-refractivity contribution in [3.8, 4) is 0 Å². The van der Waals surface area contributed by atoms with E-state index in [1.807, 2.05) is 6.92 Å². The van der Waals surface area contributed by atoms with Gasteiger partial charge in [0.1, 0.15) is 0 Å². The van der Waals surface area contributed by atoms with Crippen LogP contribution in [-0.4, -0.2) is 35.0 Å². The topological polar surface area (TPSA) is 40.5 Å². The molecule has 0 unspecified atom stereocenters. The Kier molecular flexibility index (Phi) is 5.76. The molecule has 0 saturated heterocycles. The smallest absolute Gasteiger partial charge is 0.160 e. The van der Waals surface area contributed by atoms with Crippen LogP contribution in [0.15, 0.2) is 6.07 Å². The van der Waals surface area contributed by atoms with Gasteiger partial charge in [-0.15, -0.1) is 0 Å². The van der Waals surface area contributed by atoms with Gasteiger partial charge in [-0.2, -0.15) is 0 Å². The van der Waals surface area contributed by atoms with Crippen molar-refractivity contribution < 1.29 is 9.90 Å². The maximum absolute atomic E-state index is 12.0. The van der Waals surface area contributed by atoms with Crippen LogP contribution >= 0.6 is 0 Å². The van der Waals surface area contributed by atoms with Crippen molar-refractivity contribution in [2.75, 3.05) is 13.2 Å². The SMILES string of the molecule is CC(=O)c1c(C)cc(C)c(CN(CCCCO)C2CC2)c1C. The molecule has 1 N–H and O–H groups in total.